The monoisotopic (exact) mass is 493 g/mol. The number of halogens is 1. The Balaban J connectivity index is 1.48. The fraction of sp³-hybridized carbons (Fsp3) is 0.467. The molecule has 186 valence electrons. The Kier molecular flexibility index (Phi) is 9.03. The van der Waals surface area contributed by atoms with Crippen LogP contribution in [0.5, 0.6) is 0 Å². The zero-order valence-corrected chi connectivity index (χ0v) is 21.4. The van der Waals surface area contributed by atoms with E-state index in [0.717, 1.165) is 74.2 Å². The summed E-state index contributed by atoms with van der Waals surface area (Å²) in [6.45, 7) is 0.757. The van der Waals surface area contributed by atoms with Gasteiger partial charge in [-0.05, 0) is 91.8 Å². The Hall–Kier alpha value is -2.59. The quantitative estimate of drug-likeness (QED) is 0.298. The zero-order chi connectivity index (χ0) is 24.6. The highest BCUT2D eigenvalue weighted by Crippen LogP contribution is 2.38. The van der Waals surface area contributed by atoms with Crippen molar-refractivity contribution in [3.8, 4) is 0 Å². The second-order valence-corrected chi connectivity index (χ2v) is 10.4. The molecule has 0 saturated heterocycles. The summed E-state index contributed by atoms with van der Waals surface area (Å²) in [7, 11) is 1.37. The molecule has 2 saturated carbocycles. The van der Waals surface area contributed by atoms with Gasteiger partial charge in [0.05, 0.1) is 7.11 Å². The van der Waals surface area contributed by atoms with E-state index in [1.807, 2.05) is 41.3 Å². The molecule has 4 rings (SSSR count). The predicted molar refractivity (Wildman–Crippen MR) is 143 cm³/mol. The lowest BCUT2D eigenvalue weighted by atomic mass is 9.78. The van der Waals surface area contributed by atoms with Gasteiger partial charge in [-0.3, -0.25) is 4.79 Å². The van der Waals surface area contributed by atoms with Gasteiger partial charge in [0.25, 0.3) is 0 Å². The van der Waals surface area contributed by atoms with E-state index in [1.165, 1.54) is 25.2 Å². The first-order valence-electron chi connectivity index (χ1n) is 13.0. The Morgan fingerprint density at radius 1 is 0.971 bits per heavy atom. The topological polar surface area (TPSA) is 46.6 Å². The van der Waals surface area contributed by atoms with Crippen molar-refractivity contribution in [2.75, 3.05) is 18.6 Å². The molecule has 1 amide bonds. The number of carbonyl (C=O) groups excluding carboxylic acids is 2. The highest BCUT2D eigenvalue weighted by Gasteiger charge is 2.30. The van der Waals surface area contributed by atoms with Gasteiger partial charge in [-0.2, -0.15) is 0 Å². The van der Waals surface area contributed by atoms with Crippen molar-refractivity contribution in [3.63, 3.8) is 0 Å². The zero-order valence-electron chi connectivity index (χ0n) is 20.6. The van der Waals surface area contributed by atoms with Crippen molar-refractivity contribution < 1.29 is 14.3 Å². The summed E-state index contributed by atoms with van der Waals surface area (Å²) in [6, 6.07) is 16.2. The van der Waals surface area contributed by atoms with E-state index in [4.69, 9.17) is 16.3 Å². The molecular formula is C30H36ClNO3. The van der Waals surface area contributed by atoms with Crippen LogP contribution in [0.15, 0.2) is 54.6 Å². The summed E-state index contributed by atoms with van der Waals surface area (Å²) in [5, 5.41) is 0.781. The average Bonchev–Trinajstić information content (AvgIpc) is 2.91. The minimum absolute atomic E-state index is 0.114. The van der Waals surface area contributed by atoms with Gasteiger partial charge in [0.2, 0.25) is 5.91 Å². The van der Waals surface area contributed by atoms with Gasteiger partial charge in [0.1, 0.15) is 0 Å². The first kappa shape index (κ1) is 25.5. The fourth-order valence-electron chi connectivity index (χ4n) is 5.59. The number of benzene rings is 2. The van der Waals surface area contributed by atoms with E-state index < -0.39 is 0 Å². The molecule has 5 heteroatoms. The molecule has 2 aliphatic carbocycles. The van der Waals surface area contributed by atoms with Crippen LogP contribution in [0, 0.1) is 11.8 Å². The van der Waals surface area contributed by atoms with Crippen molar-refractivity contribution in [2.24, 2.45) is 11.8 Å². The summed E-state index contributed by atoms with van der Waals surface area (Å²) in [5.41, 5.74) is 3.18. The molecule has 0 spiro atoms. The first-order valence-corrected chi connectivity index (χ1v) is 13.3. The Bertz CT molecular complexity index is 1020. The molecule has 35 heavy (non-hydrogen) atoms. The number of carbonyl (C=O) groups is 2. The molecule has 0 aliphatic heterocycles. The molecule has 2 aliphatic rings. The first-order chi connectivity index (χ1) is 17.0. The minimum atomic E-state index is -0.386. The largest absolute Gasteiger partial charge is 0.466 e. The Labute approximate surface area is 214 Å². The van der Waals surface area contributed by atoms with E-state index in [1.54, 1.807) is 6.08 Å². The third-order valence-electron chi connectivity index (χ3n) is 7.64. The summed E-state index contributed by atoms with van der Waals surface area (Å²) < 4.78 is 4.72. The lowest BCUT2D eigenvalue weighted by Gasteiger charge is -2.35. The molecular weight excluding hydrogens is 458 g/mol. The molecule has 0 N–H and O–H groups in total. The minimum Gasteiger partial charge on any atom is -0.466 e. The van der Waals surface area contributed by atoms with Crippen molar-refractivity contribution in [1.82, 2.24) is 0 Å². The highest BCUT2D eigenvalue weighted by atomic mass is 35.5. The van der Waals surface area contributed by atoms with Crippen LogP contribution in [0.3, 0.4) is 0 Å². The molecule has 0 aromatic heterocycles. The maximum absolute atomic E-state index is 13.7. The summed E-state index contributed by atoms with van der Waals surface area (Å²) in [6.07, 6.45) is 13.2. The van der Waals surface area contributed by atoms with Gasteiger partial charge < -0.3 is 9.64 Å². The Morgan fingerprint density at radius 2 is 1.69 bits per heavy atom. The lowest BCUT2D eigenvalue weighted by molar-refractivity contribution is -0.134. The predicted octanol–water partition coefficient (Wildman–Crippen LogP) is 7.41. The van der Waals surface area contributed by atoms with Gasteiger partial charge >= 0.3 is 5.97 Å². The van der Waals surface area contributed by atoms with Crippen molar-refractivity contribution in [2.45, 2.75) is 63.7 Å². The van der Waals surface area contributed by atoms with Crippen LogP contribution >= 0.6 is 11.6 Å². The lowest BCUT2D eigenvalue weighted by Crippen LogP contribution is -2.41. The van der Waals surface area contributed by atoms with Crippen LogP contribution in [0.2, 0.25) is 5.02 Å². The van der Waals surface area contributed by atoms with E-state index in [0.29, 0.717) is 11.8 Å². The van der Waals surface area contributed by atoms with Crippen LogP contribution in [0.25, 0.3) is 6.08 Å². The summed E-state index contributed by atoms with van der Waals surface area (Å²) >= 11 is 6.07. The van der Waals surface area contributed by atoms with Gasteiger partial charge in [-0.25, -0.2) is 4.79 Å². The third kappa shape index (κ3) is 6.98. The average molecular weight is 494 g/mol. The third-order valence-corrected chi connectivity index (χ3v) is 7.90. The van der Waals surface area contributed by atoms with Crippen molar-refractivity contribution in [1.29, 1.82) is 0 Å². The van der Waals surface area contributed by atoms with Crippen LogP contribution in [0.4, 0.5) is 5.69 Å². The molecule has 0 atom stereocenters. The van der Waals surface area contributed by atoms with Crippen molar-refractivity contribution in [3.05, 3.63) is 70.8 Å². The Morgan fingerprint density at radius 3 is 2.37 bits per heavy atom. The van der Waals surface area contributed by atoms with Crippen LogP contribution < -0.4 is 4.90 Å². The van der Waals surface area contributed by atoms with Crippen LogP contribution in [-0.2, 0) is 14.3 Å². The number of methoxy groups -OCH3 is 1. The molecule has 0 bridgehead atoms. The maximum Gasteiger partial charge on any atom is 0.330 e. The molecule has 0 radical (unpaired) electrons. The van der Waals surface area contributed by atoms with E-state index >= 15 is 0 Å². The van der Waals surface area contributed by atoms with Crippen LogP contribution in [-0.4, -0.2) is 25.5 Å². The second-order valence-electron chi connectivity index (χ2n) is 10.0. The second kappa shape index (κ2) is 12.4. The highest BCUT2D eigenvalue weighted by molar-refractivity contribution is 6.30. The molecule has 0 unspecified atom stereocenters. The number of rotatable bonds is 7. The SMILES string of the molecule is COC(=O)/C=C/c1cccc(N(CC2CCC(c3ccc(Cl)cc3)CC2)C(=O)C2CCCCC2)c1. The normalized spacial score (nSPS) is 21.1. The number of nitrogens with zero attached hydrogens (tertiary/aromatic N) is 1. The molecule has 4 nitrogen and oxygen atoms in total. The number of amides is 1. The van der Waals surface area contributed by atoms with Gasteiger partial charge in [0.15, 0.2) is 0 Å². The van der Waals surface area contributed by atoms with Gasteiger partial charge in [0, 0.05) is 29.2 Å². The number of ether oxygens (including phenoxy) is 1. The molecule has 0 heterocycles. The number of hydrogen-bond acceptors (Lipinski definition) is 3. The summed E-state index contributed by atoms with van der Waals surface area (Å²) in [5.74, 6) is 1.04. The van der Waals surface area contributed by atoms with Gasteiger partial charge in [-0.15, -0.1) is 0 Å². The molecule has 2 aromatic carbocycles. The number of anilines is 1. The summed E-state index contributed by atoms with van der Waals surface area (Å²) in [4.78, 5) is 27.3. The molecule has 2 aromatic rings. The number of hydrogen-bond donors (Lipinski definition) is 0. The number of esters is 1. The maximum atomic E-state index is 13.7. The smallest absolute Gasteiger partial charge is 0.330 e. The van der Waals surface area contributed by atoms with E-state index in [-0.39, 0.29) is 17.8 Å². The standard InChI is InChI=1S/C30H36ClNO3/c1-35-29(33)19-12-22-6-5-9-28(20-22)32(30(34)26-7-3-2-4-8-26)21-23-10-13-24(14-11-23)25-15-17-27(31)18-16-25/h5-6,9,12,15-20,23-24,26H,2-4,7-8,10-11,13-14,21H2,1H3/b19-12+. The molecule has 2 fully saturated rings. The van der Waals surface area contributed by atoms with E-state index in [9.17, 15) is 9.59 Å². The fourth-order valence-corrected chi connectivity index (χ4v) is 5.72. The van der Waals surface area contributed by atoms with Crippen molar-refractivity contribution >= 4 is 35.2 Å². The van der Waals surface area contributed by atoms with Crippen LogP contribution in [0.1, 0.15) is 74.8 Å². The van der Waals surface area contributed by atoms with Gasteiger partial charge in [-0.1, -0.05) is 55.1 Å². The van der Waals surface area contributed by atoms with E-state index in [2.05, 4.69) is 12.1 Å².